The van der Waals surface area contributed by atoms with Gasteiger partial charge in [0.1, 0.15) is 0 Å². The Hall–Kier alpha value is -0.860. The Kier molecular flexibility index (Phi) is 6.06. The van der Waals surface area contributed by atoms with E-state index in [2.05, 4.69) is 55.3 Å². The molecule has 1 aliphatic rings. The molecule has 1 aromatic rings. The van der Waals surface area contributed by atoms with Crippen LogP contribution in [0.3, 0.4) is 0 Å². The number of hydrogen-bond donors (Lipinski definition) is 1. The van der Waals surface area contributed by atoms with Gasteiger partial charge < -0.3 is 5.32 Å². The van der Waals surface area contributed by atoms with Crippen LogP contribution in [0.25, 0.3) is 0 Å². The third-order valence-electron chi connectivity index (χ3n) is 4.28. The van der Waals surface area contributed by atoms with E-state index in [0.29, 0.717) is 5.92 Å². The molecule has 1 saturated carbocycles. The summed E-state index contributed by atoms with van der Waals surface area (Å²) < 4.78 is 0. The summed E-state index contributed by atoms with van der Waals surface area (Å²) >= 11 is 0. The van der Waals surface area contributed by atoms with Crippen molar-refractivity contribution in [2.75, 3.05) is 19.6 Å². The van der Waals surface area contributed by atoms with E-state index < -0.39 is 0 Å². The summed E-state index contributed by atoms with van der Waals surface area (Å²) in [6.07, 6.45) is 4.00. The molecule has 0 radical (unpaired) electrons. The molecule has 2 nitrogen and oxygen atoms in total. The molecule has 0 aliphatic heterocycles. The highest BCUT2D eigenvalue weighted by Crippen LogP contribution is 2.28. The highest BCUT2D eigenvalue weighted by atomic mass is 15.2. The van der Waals surface area contributed by atoms with E-state index in [-0.39, 0.29) is 0 Å². The average molecular weight is 274 g/mol. The third kappa shape index (κ3) is 4.60. The summed E-state index contributed by atoms with van der Waals surface area (Å²) in [7, 11) is 0. The van der Waals surface area contributed by atoms with Gasteiger partial charge >= 0.3 is 0 Å². The van der Waals surface area contributed by atoms with Crippen molar-refractivity contribution in [2.45, 2.75) is 58.5 Å². The highest BCUT2D eigenvalue weighted by molar-refractivity contribution is 5.25. The number of nitrogens with zero attached hydrogens (tertiary/aromatic N) is 1. The van der Waals surface area contributed by atoms with Gasteiger partial charge in [0.25, 0.3) is 0 Å². The fourth-order valence-corrected chi connectivity index (χ4v) is 2.74. The largest absolute Gasteiger partial charge is 0.316 e. The smallest absolute Gasteiger partial charge is 0.0236 e. The topological polar surface area (TPSA) is 15.3 Å². The van der Waals surface area contributed by atoms with E-state index in [1.165, 1.54) is 36.9 Å². The molecule has 0 heterocycles. The van der Waals surface area contributed by atoms with Crippen molar-refractivity contribution >= 4 is 0 Å². The first-order valence-corrected chi connectivity index (χ1v) is 8.28. The molecule has 1 N–H and O–H groups in total. The van der Waals surface area contributed by atoms with Crippen molar-refractivity contribution in [3.63, 3.8) is 0 Å². The molecule has 1 aromatic carbocycles. The van der Waals surface area contributed by atoms with Crippen LogP contribution in [0.15, 0.2) is 24.3 Å². The Labute approximate surface area is 124 Å². The van der Waals surface area contributed by atoms with Gasteiger partial charge in [-0.2, -0.15) is 0 Å². The monoisotopic (exact) mass is 274 g/mol. The second kappa shape index (κ2) is 7.80. The Morgan fingerprint density at radius 3 is 2.45 bits per heavy atom. The van der Waals surface area contributed by atoms with Gasteiger partial charge in [0.2, 0.25) is 0 Å². The minimum atomic E-state index is 0.598. The molecular formula is C18H30N2. The van der Waals surface area contributed by atoms with Crippen molar-refractivity contribution in [1.82, 2.24) is 10.2 Å². The lowest BCUT2D eigenvalue weighted by molar-refractivity contribution is 0.269. The third-order valence-corrected chi connectivity index (χ3v) is 4.28. The first-order valence-electron chi connectivity index (χ1n) is 8.28. The summed E-state index contributed by atoms with van der Waals surface area (Å²) in [5.74, 6) is 0.598. The van der Waals surface area contributed by atoms with Crippen molar-refractivity contribution in [3.05, 3.63) is 35.4 Å². The normalized spacial score (nSPS) is 16.6. The summed E-state index contributed by atoms with van der Waals surface area (Å²) in [5, 5.41) is 3.50. The van der Waals surface area contributed by atoms with Gasteiger partial charge in [-0.15, -0.1) is 0 Å². The number of nitrogens with one attached hydrogen (secondary N) is 1. The molecule has 20 heavy (non-hydrogen) atoms. The molecule has 1 atom stereocenters. The molecule has 2 heteroatoms. The average Bonchev–Trinajstić information content (AvgIpc) is 3.30. The van der Waals surface area contributed by atoms with Crippen LogP contribution in [0, 0.1) is 0 Å². The maximum absolute atomic E-state index is 3.50. The predicted molar refractivity (Wildman–Crippen MR) is 87.1 cm³/mol. The molecule has 1 unspecified atom stereocenters. The molecule has 0 aromatic heterocycles. The maximum Gasteiger partial charge on any atom is 0.0236 e. The van der Waals surface area contributed by atoms with Crippen LogP contribution in [0.1, 0.15) is 57.1 Å². The summed E-state index contributed by atoms with van der Waals surface area (Å²) in [6, 6.07) is 10.1. The zero-order valence-corrected chi connectivity index (χ0v) is 13.4. The lowest BCUT2D eigenvalue weighted by Gasteiger charge is -2.20. The van der Waals surface area contributed by atoms with Crippen LogP contribution in [-0.2, 0) is 6.54 Å². The first-order chi connectivity index (χ1) is 9.74. The lowest BCUT2D eigenvalue weighted by atomic mass is 9.99. The number of benzene rings is 1. The van der Waals surface area contributed by atoms with Gasteiger partial charge in [0.15, 0.2) is 0 Å². The zero-order chi connectivity index (χ0) is 14.4. The number of rotatable bonds is 9. The summed E-state index contributed by atoms with van der Waals surface area (Å²) in [5.41, 5.74) is 2.91. The van der Waals surface area contributed by atoms with E-state index in [1.54, 1.807) is 0 Å². The molecule has 2 rings (SSSR count). The Balaban J connectivity index is 1.85. The minimum Gasteiger partial charge on any atom is -0.316 e. The van der Waals surface area contributed by atoms with E-state index in [1.807, 2.05) is 0 Å². The number of hydrogen-bond acceptors (Lipinski definition) is 2. The molecule has 0 amide bonds. The van der Waals surface area contributed by atoms with Gasteiger partial charge in [-0.25, -0.2) is 0 Å². The van der Waals surface area contributed by atoms with E-state index in [0.717, 1.165) is 25.7 Å². The van der Waals surface area contributed by atoms with E-state index in [4.69, 9.17) is 0 Å². The van der Waals surface area contributed by atoms with E-state index in [9.17, 15) is 0 Å². The van der Waals surface area contributed by atoms with Gasteiger partial charge in [-0.05, 0) is 49.4 Å². The fraction of sp³-hybridized carbons (Fsp3) is 0.667. The van der Waals surface area contributed by atoms with Crippen LogP contribution in [0.2, 0.25) is 0 Å². The van der Waals surface area contributed by atoms with Gasteiger partial charge in [-0.1, -0.05) is 45.0 Å². The molecule has 0 bridgehead atoms. The summed E-state index contributed by atoms with van der Waals surface area (Å²) in [6.45, 7) is 11.3. The van der Waals surface area contributed by atoms with Crippen LogP contribution in [0.5, 0.6) is 0 Å². The van der Waals surface area contributed by atoms with Gasteiger partial charge in [-0.3, -0.25) is 4.90 Å². The standard InChI is InChI=1S/C18H30N2/c1-4-12-19-13-15(3)17-8-6-16(7-9-17)14-20(5-2)18-10-11-18/h6-9,15,18-19H,4-5,10-14H2,1-3H3. The van der Waals surface area contributed by atoms with Crippen LogP contribution >= 0.6 is 0 Å². The lowest BCUT2D eigenvalue weighted by Crippen LogP contribution is -2.25. The predicted octanol–water partition coefficient (Wildman–Crippen LogP) is 3.77. The second-order valence-electron chi connectivity index (χ2n) is 6.14. The molecular weight excluding hydrogens is 244 g/mol. The molecule has 0 spiro atoms. The molecule has 1 fully saturated rings. The van der Waals surface area contributed by atoms with E-state index >= 15 is 0 Å². The highest BCUT2D eigenvalue weighted by Gasteiger charge is 2.27. The van der Waals surface area contributed by atoms with Crippen molar-refractivity contribution < 1.29 is 0 Å². The minimum absolute atomic E-state index is 0.598. The Bertz CT molecular complexity index is 381. The van der Waals surface area contributed by atoms with Crippen LogP contribution < -0.4 is 5.32 Å². The quantitative estimate of drug-likeness (QED) is 0.690. The summed E-state index contributed by atoms with van der Waals surface area (Å²) in [4.78, 5) is 2.60. The van der Waals surface area contributed by atoms with Gasteiger partial charge in [0.05, 0.1) is 0 Å². The van der Waals surface area contributed by atoms with Crippen molar-refractivity contribution in [1.29, 1.82) is 0 Å². The first kappa shape index (κ1) is 15.5. The van der Waals surface area contributed by atoms with Crippen LogP contribution in [-0.4, -0.2) is 30.6 Å². The fourth-order valence-electron chi connectivity index (χ4n) is 2.74. The molecule has 1 aliphatic carbocycles. The Morgan fingerprint density at radius 2 is 1.90 bits per heavy atom. The Morgan fingerprint density at radius 1 is 1.20 bits per heavy atom. The van der Waals surface area contributed by atoms with Crippen LogP contribution in [0.4, 0.5) is 0 Å². The second-order valence-corrected chi connectivity index (χ2v) is 6.14. The maximum atomic E-state index is 3.50. The van der Waals surface area contributed by atoms with Gasteiger partial charge in [0, 0.05) is 19.1 Å². The van der Waals surface area contributed by atoms with Crippen molar-refractivity contribution in [3.8, 4) is 0 Å². The van der Waals surface area contributed by atoms with Crippen molar-refractivity contribution in [2.24, 2.45) is 0 Å². The zero-order valence-electron chi connectivity index (χ0n) is 13.4. The molecule has 112 valence electrons. The molecule has 0 saturated heterocycles. The SMILES string of the molecule is CCCNCC(C)c1ccc(CN(CC)C2CC2)cc1.